The molecule has 0 aromatic heterocycles. The number of hydrogen-bond donors (Lipinski definition) is 1. The molecule has 1 aliphatic rings. The molecule has 1 N–H and O–H groups in total. The number of amides is 2. The fraction of sp³-hybridized carbons (Fsp3) is 0.321. The van der Waals surface area contributed by atoms with Gasteiger partial charge in [-0.15, -0.1) is 0 Å². The molecular formula is C28H26ClF6N3O2. The van der Waals surface area contributed by atoms with E-state index in [9.17, 15) is 31.1 Å². The molecule has 0 spiro atoms. The minimum absolute atomic E-state index is 0.0710. The van der Waals surface area contributed by atoms with E-state index in [0.717, 1.165) is 36.6 Å². The van der Waals surface area contributed by atoms with Gasteiger partial charge in [-0.05, 0) is 66.1 Å². The van der Waals surface area contributed by atoms with E-state index in [1.54, 1.807) is 17.0 Å². The molecule has 0 atom stereocenters. The highest BCUT2D eigenvalue weighted by Gasteiger charge is 2.37. The number of halogens is 7. The minimum Gasteiger partial charge on any atom is -0.489 e. The van der Waals surface area contributed by atoms with E-state index in [1.165, 1.54) is 12.1 Å². The highest BCUT2D eigenvalue weighted by Crippen LogP contribution is 2.36. The van der Waals surface area contributed by atoms with E-state index in [-0.39, 0.29) is 23.4 Å². The van der Waals surface area contributed by atoms with Crippen molar-refractivity contribution in [3.8, 4) is 5.75 Å². The van der Waals surface area contributed by atoms with Gasteiger partial charge >= 0.3 is 18.4 Å². The molecule has 214 valence electrons. The third-order valence-corrected chi connectivity index (χ3v) is 6.84. The molecule has 2 amide bonds. The summed E-state index contributed by atoms with van der Waals surface area (Å²) in [6.45, 7) is 2.86. The van der Waals surface area contributed by atoms with Gasteiger partial charge in [0, 0.05) is 43.4 Å². The Morgan fingerprint density at radius 3 is 2.02 bits per heavy atom. The van der Waals surface area contributed by atoms with Crippen molar-refractivity contribution < 1.29 is 35.9 Å². The van der Waals surface area contributed by atoms with E-state index in [0.29, 0.717) is 30.9 Å². The number of anilines is 1. The fourth-order valence-corrected chi connectivity index (χ4v) is 4.49. The van der Waals surface area contributed by atoms with Crippen LogP contribution >= 0.6 is 11.6 Å². The summed E-state index contributed by atoms with van der Waals surface area (Å²) in [5.74, 6) is 0.219. The van der Waals surface area contributed by atoms with Crippen molar-refractivity contribution in [3.63, 3.8) is 0 Å². The topological polar surface area (TPSA) is 44.8 Å². The second-order valence-corrected chi connectivity index (χ2v) is 9.73. The van der Waals surface area contributed by atoms with Crippen LogP contribution in [0.2, 0.25) is 5.02 Å². The maximum Gasteiger partial charge on any atom is 0.416 e. The van der Waals surface area contributed by atoms with Crippen molar-refractivity contribution in [2.75, 3.05) is 38.0 Å². The van der Waals surface area contributed by atoms with E-state index in [1.807, 2.05) is 24.3 Å². The van der Waals surface area contributed by atoms with Crippen molar-refractivity contribution in [1.82, 2.24) is 9.80 Å². The van der Waals surface area contributed by atoms with E-state index in [2.05, 4.69) is 10.2 Å². The Hall–Kier alpha value is -3.44. The second kappa shape index (κ2) is 12.4. The lowest BCUT2D eigenvalue weighted by molar-refractivity contribution is -0.143. The molecule has 0 bridgehead atoms. The highest BCUT2D eigenvalue weighted by atomic mass is 35.5. The van der Waals surface area contributed by atoms with Crippen molar-refractivity contribution in [2.24, 2.45) is 0 Å². The molecule has 1 aliphatic heterocycles. The Balaban J connectivity index is 1.26. The average molecular weight is 586 g/mol. The summed E-state index contributed by atoms with van der Waals surface area (Å²) >= 11 is 6.22. The van der Waals surface area contributed by atoms with Crippen LogP contribution in [0.1, 0.15) is 22.3 Å². The number of nitrogens with zero attached hydrogens (tertiary/aromatic N) is 2. The molecule has 3 aromatic carbocycles. The number of alkyl halides is 6. The smallest absolute Gasteiger partial charge is 0.416 e. The van der Waals surface area contributed by atoms with Gasteiger partial charge in [0.15, 0.2) is 0 Å². The third-order valence-electron chi connectivity index (χ3n) is 6.47. The van der Waals surface area contributed by atoms with Gasteiger partial charge < -0.3 is 15.0 Å². The van der Waals surface area contributed by atoms with Gasteiger partial charge in [-0.25, -0.2) is 4.79 Å². The van der Waals surface area contributed by atoms with E-state index >= 15 is 0 Å². The number of ether oxygens (including phenoxy) is 1. The molecule has 0 unspecified atom stereocenters. The molecule has 12 heteroatoms. The van der Waals surface area contributed by atoms with Crippen LogP contribution in [0.3, 0.4) is 0 Å². The molecule has 1 fully saturated rings. The lowest BCUT2D eigenvalue weighted by Gasteiger charge is -2.34. The summed E-state index contributed by atoms with van der Waals surface area (Å²) in [5.41, 5.74) is -1.53. The number of nitrogens with one attached hydrogen (secondary N) is 1. The maximum atomic E-state index is 13.1. The molecule has 3 aromatic rings. The summed E-state index contributed by atoms with van der Waals surface area (Å²) < 4.78 is 83.8. The van der Waals surface area contributed by atoms with E-state index < -0.39 is 30.1 Å². The largest absolute Gasteiger partial charge is 0.489 e. The number of carbonyl (C=O) groups is 1. The summed E-state index contributed by atoms with van der Waals surface area (Å²) in [6.07, 6.45) is -9.05. The van der Waals surface area contributed by atoms with Crippen LogP contribution in [0.25, 0.3) is 0 Å². The second-order valence-electron chi connectivity index (χ2n) is 9.33. The summed E-state index contributed by atoms with van der Waals surface area (Å²) in [5, 5.41) is 3.53. The van der Waals surface area contributed by atoms with E-state index in [4.69, 9.17) is 16.3 Å². The number of rotatable bonds is 7. The highest BCUT2D eigenvalue weighted by molar-refractivity contribution is 6.31. The summed E-state index contributed by atoms with van der Waals surface area (Å²) in [4.78, 5) is 16.6. The number of hydrogen-bond acceptors (Lipinski definition) is 3. The predicted octanol–water partition coefficient (Wildman–Crippen LogP) is 7.35. The third kappa shape index (κ3) is 8.04. The summed E-state index contributed by atoms with van der Waals surface area (Å²) in [6, 6.07) is 14.8. The van der Waals surface area contributed by atoms with Crippen molar-refractivity contribution in [1.29, 1.82) is 0 Å². The molecule has 40 heavy (non-hydrogen) atoms. The first-order valence-electron chi connectivity index (χ1n) is 12.4. The van der Waals surface area contributed by atoms with Crippen LogP contribution in [-0.4, -0.2) is 48.6 Å². The monoisotopic (exact) mass is 585 g/mol. The lowest BCUT2D eigenvalue weighted by Crippen LogP contribution is -2.50. The standard InChI is InChI=1S/C28H26ClF6N3O2/c29-25-4-2-1-3-20(25)9-10-37-11-13-38(14-12-37)26(39)36-23-5-7-24(8-6-23)40-18-19-15-21(27(30,31)32)17-22(16-19)28(33,34)35/h1-8,15-17H,9-14,18H2,(H,36,39). The van der Waals surface area contributed by atoms with Crippen LogP contribution in [0.15, 0.2) is 66.7 Å². The summed E-state index contributed by atoms with van der Waals surface area (Å²) in [7, 11) is 0. The molecule has 4 rings (SSSR count). The fourth-order valence-electron chi connectivity index (χ4n) is 4.26. The number of urea groups is 1. The van der Waals surface area contributed by atoms with Gasteiger partial charge in [-0.2, -0.15) is 26.3 Å². The minimum atomic E-state index is -4.93. The van der Waals surface area contributed by atoms with Crippen molar-refractivity contribution >= 4 is 23.3 Å². The van der Waals surface area contributed by atoms with Gasteiger partial charge in [0.2, 0.25) is 0 Å². The van der Waals surface area contributed by atoms with Crippen molar-refractivity contribution in [3.05, 3.63) is 94.0 Å². The number of carbonyl (C=O) groups excluding carboxylic acids is 1. The van der Waals surface area contributed by atoms with Crippen LogP contribution in [0, 0.1) is 0 Å². The van der Waals surface area contributed by atoms with Crippen LogP contribution < -0.4 is 10.1 Å². The predicted molar refractivity (Wildman–Crippen MR) is 139 cm³/mol. The first-order chi connectivity index (χ1) is 18.9. The molecule has 1 saturated heterocycles. The molecule has 5 nitrogen and oxygen atoms in total. The van der Waals surface area contributed by atoms with Gasteiger partial charge in [0.25, 0.3) is 0 Å². The zero-order chi connectivity index (χ0) is 28.9. The van der Waals surface area contributed by atoms with Crippen molar-refractivity contribution in [2.45, 2.75) is 25.4 Å². The zero-order valence-electron chi connectivity index (χ0n) is 21.2. The molecule has 0 saturated carbocycles. The quantitative estimate of drug-likeness (QED) is 0.295. The number of piperazine rings is 1. The van der Waals surface area contributed by atoms with Gasteiger partial charge in [-0.3, -0.25) is 4.90 Å². The Morgan fingerprint density at radius 1 is 0.850 bits per heavy atom. The van der Waals surface area contributed by atoms with Gasteiger partial charge in [-0.1, -0.05) is 29.8 Å². The van der Waals surface area contributed by atoms with Crippen LogP contribution in [0.5, 0.6) is 5.75 Å². The van der Waals surface area contributed by atoms with Crippen LogP contribution in [0.4, 0.5) is 36.8 Å². The average Bonchev–Trinajstić information content (AvgIpc) is 2.91. The maximum absolute atomic E-state index is 13.1. The van der Waals surface area contributed by atoms with Crippen LogP contribution in [-0.2, 0) is 25.4 Å². The molecule has 0 radical (unpaired) electrons. The Labute approximate surface area is 232 Å². The number of benzene rings is 3. The first-order valence-corrected chi connectivity index (χ1v) is 12.8. The molecular weight excluding hydrogens is 560 g/mol. The Morgan fingerprint density at radius 2 is 1.45 bits per heavy atom. The normalized spacial score (nSPS) is 14.7. The first kappa shape index (κ1) is 29.5. The Kier molecular flexibility index (Phi) is 9.15. The molecule has 0 aliphatic carbocycles. The van der Waals surface area contributed by atoms with Gasteiger partial charge in [0.05, 0.1) is 11.1 Å². The van der Waals surface area contributed by atoms with Gasteiger partial charge in [0.1, 0.15) is 12.4 Å². The lowest BCUT2D eigenvalue weighted by atomic mass is 10.1. The Bertz CT molecular complexity index is 1270. The SMILES string of the molecule is O=C(Nc1ccc(OCc2cc(C(F)(F)F)cc(C(F)(F)F)c2)cc1)N1CCN(CCc2ccccc2Cl)CC1. The molecule has 1 heterocycles. The zero-order valence-corrected chi connectivity index (χ0v) is 21.9.